The van der Waals surface area contributed by atoms with Crippen LogP contribution in [0.1, 0.15) is 58.1 Å². The highest BCUT2D eigenvalue weighted by molar-refractivity contribution is 5.68. The lowest BCUT2D eigenvalue weighted by molar-refractivity contribution is -0.107. The number of hydrogen-bond donors (Lipinski definition) is 1. The number of aldehydes is 1. The Balaban J connectivity index is 2.64. The van der Waals surface area contributed by atoms with Gasteiger partial charge < -0.3 is 14.8 Å². The maximum absolute atomic E-state index is 11.9. The minimum atomic E-state index is -0.511. The highest BCUT2D eigenvalue weighted by Crippen LogP contribution is 2.20. The summed E-state index contributed by atoms with van der Waals surface area (Å²) in [5.41, 5.74) is 0.539. The van der Waals surface area contributed by atoms with Gasteiger partial charge in [0.15, 0.2) is 0 Å². The van der Waals surface area contributed by atoms with Crippen molar-refractivity contribution in [2.75, 3.05) is 0 Å². The molecule has 1 atom stereocenters. The van der Waals surface area contributed by atoms with Gasteiger partial charge >= 0.3 is 6.09 Å². The van der Waals surface area contributed by atoms with Crippen molar-refractivity contribution in [3.8, 4) is 0 Å². The van der Waals surface area contributed by atoms with E-state index in [1.54, 1.807) is 0 Å². The molecule has 116 valence electrons. The van der Waals surface area contributed by atoms with Gasteiger partial charge in [0.2, 0.25) is 0 Å². The number of hydrogen-bond acceptors (Lipinski definition) is 3. The molecule has 21 heavy (non-hydrogen) atoms. The third-order valence-corrected chi connectivity index (χ3v) is 2.96. The number of amides is 1. The van der Waals surface area contributed by atoms with Crippen molar-refractivity contribution >= 4 is 12.4 Å². The molecular weight excluding hydrogens is 266 g/mol. The van der Waals surface area contributed by atoms with E-state index in [0.29, 0.717) is 6.42 Å². The number of benzene rings is 1. The maximum Gasteiger partial charge on any atom is 0.408 e. The fraction of sp³-hybridized carbons (Fsp3) is 0.529. The van der Waals surface area contributed by atoms with Gasteiger partial charge in [-0.3, -0.25) is 0 Å². The van der Waals surface area contributed by atoms with Crippen LogP contribution in [-0.4, -0.2) is 18.0 Å². The molecule has 0 radical (unpaired) electrons. The molecule has 4 nitrogen and oxygen atoms in total. The Morgan fingerprint density at radius 2 is 1.90 bits per heavy atom. The summed E-state index contributed by atoms with van der Waals surface area (Å²) in [6.07, 6.45) is 3.59. The highest BCUT2D eigenvalue weighted by atomic mass is 16.6. The van der Waals surface area contributed by atoms with Crippen LogP contribution in [0, 0.1) is 0 Å². The second-order valence-corrected chi connectivity index (χ2v) is 6.06. The number of carbonyl (C=O) groups is 2. The lowest BCUT2D eigenvalue weighted by Gasteiger charge is -2.24. The quantitative estimate of drug-likeness (QED) is 0.610. The highest BCUT2D eigenvalue weighted by Gasteiger charge is 2.20. The van der Waals surface area contributed by atoms with Crippen molar-refractivity contribution in [2.45, 2.75) is 58.1 Å². The van der Waals surface area contributed by atoms with Crippen molar-refractivity contribution in [1.29, 1.82) is 0 Å². The molecule has 4 heteroatoms. The summed E-state index contributed by atoms with van der Waals surface area (Å²) in [4.78, 5) is 22.3. The van der Waals surface area contributed by atoms with E-state index in [2.05, 4.69) is 5.32 Å². The summed E-state index contributed by atoms with van der Waals surface area (Å²) in [5.74, 6) is 0. The first kappa shape index (κ1) is 17.2. The van der Waals surface area contributed by atoms with Crippen LogP contribution >= 0.6 is 0 Å². The van der Waals surface area contributed by atoms with Gasteiger partial charge in [-0.05, 0) is 39.2 Å². The third kappa shape index (κ3) is 7.49. The Morgan fingerprint density at radius 3 is 2.48 bits per heavy atom. The molecular formula is C17H25NO3. The lowest BCUT2D eigenvalue weighted by Crippen LogP contribution is -2.35. The number of rotatable bonds is 7. The van der Waals surface area contributed by atoms with Gasteiger partial charge in [-0.15, -0.1) is 0 Å². The van der Waals surface area contributed by atoms with Crippen molar-refractivity contribution < 1.29 is 14.3 Å². The molecule has 1 N–H and O–H groups in total. The van der Waals surface area contributed by atoms with E-state index < -0.39 is 11.7 Å². The summed E-state index contributed by atoms with van der Waals surface area (Å²) in [6, 6.07) is 9.73. The Hall–Kier alpha value is -1.84. The molecule has 1 aromatic rings. The van der Waals surface area contributed by atoms with E-state index in [0.717, 1.165) is 31.1 Å². The van der Waals surface area contributed by atoms with Crippen LogP contribution in [0.3, 0.4) is 0 Å². The minimum Gasteiger partial charge on any atom is -0.444 e. The molecule has 0 heterocycles. The number of alkyl carbamates (subject to hydrolysis) is 1. The first-order valence-corrected chi connectivity index (χ1v) is 7.40. The van der Waals surface area contributed by atoms with Crippen LogP contribution in [0.25, 0.3) is 0 Å². The van der Waals surface area contributed by atoms with Gasteiger partial charge in [-0.25, -0.2) is 4.79 Å². The van der Waals surface area contributed by atoms with E-state index >= 15 is 0 Å². The first-order chi connectivity index (χ1) is 9.92. The molecule has 0 aliphatic carbocycles. The average Bonchev–Trinajstić information content (AvgIpc) is 2.41. The Morgan fingerprint density at radius 1 is 1.24 bits per heavy atom. The zero-order valence-corrected chi connectivity index (χ0v) is 13.1. The number of ether oxygens (including phenoxy) is 1. The van der Waals surface area contributed by atoms with E-state index in [4.69, 9.17) is 4.74 Å². The molecule has 0 spiro atoms. The molecule has 0 aromatic heterocycles. The average molecular weight is 291 g/mol. The van der Waals surface area contributed by atoms with Crippen LogP contribution in [0.4, 0.5) is 4.79 Å². The maximum atomic E-state index is 11.9. The summed E-state index contributed by atoms with van der Waals surface area (Å²) in [5, 5.41) is 2.92. The van der Waals surface area contributed by atoms with Gasteiger partial charge in [0.25, 0.3) is 0 Å². The molecule has 1 rings (SSSR count). The predicted octanol–water partition coefficient (Wildman–Crippen LogP) is 4.01. The van der Waals surface area contributed by atoms with E-state index in [1.165, 1.54) is 0 Å². The van der Waals surface area contributed by atoms with E-state index in [9.17, 15) is 9.59 Å². The standard InChI is InChI=1S/C17H25NO3/c1-17(2,3)21-16(20)18-15(12-8-5-9-13-19)14-10-6-4-7-11-14/h4,6-7,10-11,13,15H,5,8-9,12H2,1-3H3,(H,18,20)/t15-/m1/s1. The Labute approximate surface area is 126 Å². The number of nitrogens with one attached hydrogen (secondary N) is 1. The Bertz CT molecular complexity index is 437. The van der Waals surface area contributed by atoms with E-state index in [1.807, 2.05) is 51.1 Å². The molecule has 0 saturated heterocycles. The van der Waals surface area contributed by atoms with Crippen molar-refractivity contribution in [3.63, 3.8) is 0 Å². The molecule has 0 aliphatic rings. The van der Waals surface area contributed by atoms with Crippen LogP contribution in [0.5, 0.6) is 0 Å². The SMILES string of the molecule is CC(C)(C)OC(=O)N[C@H](CCCCC=O)c1ccccc1. The van der Waals surface area contributed by atoms with Crippen LogP contribution in [0.15, 0.2) is 30.3 Å². The second-order valence-electron chi connectivity index (χ2n) is 6.06. The fourth-order valence-electron chi connectivity index (χ4n) is 2.03. The minimum absolute atomic E-state index is 0.0901. The summed E-state index contributed by atoms with van der Waals surface area (Å²) >= 11 is 0. The largest absolute Gasteiger partial charge is 0.444 e. The summed E-state index contributed by atoms with van der Waals surface area (Å²) in [7, 11) is 0. The van der Waals surface area contributed by atoms with Gasteiger partial charge in [-0.1, -0.05) is 36.8 Å². The van der Waals surface area contributed by atoms with Gasteiger partial charge in [-0.2, -0.15) is 0 Å². The smallest absolute Gasteiger partial charge is 0.408 e. The number of unbranched alkanes of at least 4 members (excludes halogenated alkanes) is 2. The first-order valence-electron chi connectivity index (χ1n) is 7.40. The molecule has 0 saturated carbocycles. The number of carbonyl (C=O) groups excluding carboxylic acids is 2. The van der Waals surface area contributed by atoms with Crippen molar-refractivity contribution in [2.24, 2.45) is 0 Å². The molecule has 0 unspecified atom stereocenters. The molecule has 0 aliphatic heterocycles. The summed E-state index contributed by atoms with van der Waals surface area (Å²) < 4.78 is 5.31. The second kappa shape index (κ2) is 8.45. The molecule has 0 bridgehead atoms. The van der Waals surface area contributed by atoms with Crippen molar-refractivity contribution in [3.05, 3.63) is 35.9 Å². The van der Waals surface area contributed by atoms with Crippen LogP contribution in [-0.2, 0) is 9.53 Å². The fourth-order valence-corrected chi connectivity index (χ4v) is 2.03. The molecule has 0 fully saturated rings. The summed E-state index contributed by atoms with van der Waals surface area (Å²) in [6.45, 7) is 5.52. The zero-order chi connectivity index (χ0) is 15.7. The van der Waals surface area contributed by atoms with Gasteiger partial charge in [0, 0.05) is 6.42 Å². The monoisotopic (exact) mass is 291 g/mol. The zero-order valence-electron chi connectivity index (χ0n) is 13.1. The van der Waals surface area contributed by atoms with E-state index in [-0.39, 0.29) is 6.04 Å². The lowest BCUT2D eigenvalue weighted by atomic mass is 10.0. The topological polar surface area (TPSA) is 55.4 Å². The van der Waals surface area contributed by atoms with Gasteiger partial charge in [0.05, 0.1) is 6.04 Å². The molecule has 1 aromatic carbocycles. The van der Waals surface area contributed by atoms with Crippen molar-refractivity contribution in [1.82, 2.24) is 5.32 Å². The Kier molecular flexibility index (Phi) is 6.92. The van der Waals surface area contributed by atoms with Crippen LogP contribution < -0.4 is 5.32 Å². The third-order valence-electron chi connectivity index (χ3n) is 2.96. The normalized spacial score (nSPS) is 12.5. The predicted molar refractivity (Wildman–Crippen MR) is 83.1 cm³/mol. The van der Waals surface area contributed by atoms with Crippen LogP contribution in [0.2, 0.25) is 0 Å². The van der Waals surface area contributed by atoms with Gasteiger partial charge in [0.1, 0.15) is 11.9 Å². The molecule has 1 amide bonds.